The van der Waals surface area contributed by atoms with Crippen molar-refractivity contribution in [2.75, 3.05) is 37.6 Å². The summed E-state index contributed by atoms with van der Waals surface area (Å²) in [5.74, 6) is -0.00420. The molecule has 3 rings (SSSR count). The number of nitrogens with zero attached hydrogens (tertiary/aromatic N) is 4. The molecule has 0 spiro atoms. The summed E-state index contributed by atoms with van der Waals surface area (Å²) in [5.41, 5.74) is -0.0423. The second kappa shape index (κ2) is 7.03. The van der Waals surface area contributed by atoms with Crippen LogP contribution in [-0.2, 0) is 11.0 Å². The number of pyridine rings is 1. The Kier molecular flexibility index (Phi) is 5.07. The predicted octanol–water partition coefficient (Wildman–Crippen LogP) is 2.39. The van der Waals surface area contributed by atoms with Gasteiger partial charge in [-0.1, -0.05) is 0 Å². The van der Waals surface area contributed by atoms with E-state index in [1.54, 1.807) is 18.3 Å². The quantitative estimate of drug-likeness (QED) is 0.884. The van der Waals surface area contributed by atoms with Gasteiger partial charge in [0.05, 0.1) is 12.2 Å². The minimum Gasteiger partial charge on any atom is -0.368 e. The molecular formula is C18H24F3N5O. The van der Waals surface area contributed by atoms with Crippen LogP contribution in [0.2, 0.25) is 0 Å². The number of aromatic nitrogens is 2. The first-order valence-electron chi connectivity index (χ1n) is 8.85. The van der Waals surface area contributed by atoms with Gasteiger partial charge in [-0.15, -0.1) is 0 Å². The van der Waals surface area contributed by atoms with Crippen molar-refractivity contribution in [1.82, 2.24) is 19.6 Å². The molecule has 9 heteroatoms. The van der Waals surface area contributed by atoms with Crippen LogP contribution in [0.3, 0.4) is 0 Å². The zero-order chi connectivity index (χ0) is 19.8. The lowest BCUT2D eigenvalue weighted by Crippen LogP contribution is -2.51. The largest absolute Gasteiger partial charge is 0.434 e. The number of hydrogen-bond donors (Lipinski definition) is 1. The van der Waals surface area contributed by atoms with Gasteiger partial charge in [0.25, 0.3) is 0 Å². The summed E-state index contributed by atoms with van der Waals surface area (Å²) in [4.78, 5) is 19.8. The lowest BCUT2D eigenvalue weighted by Gasteiger charge is -2.36. The lowest BCUT2D eigenvalue weighted by atomic mass is 10.1. The van der Waals surface area contributed by atoms with Gasteiger partial charge in [-0.2, -0.15) is 13.2 Å². The summed E-state index contributed by atoms with van der Waals surface area (Å²) in [6.45, 7) is 9.02. The zero-order valence-corrected chi connectivity index (χ0v) is 15.7. The topological polar surface area (TPSA) is 52.9 Å². The number of nitrogens with one attached hydrogen (secondary N) is 1. The smallest absolute Gasteiger partial charge is 0.368 e. The summed E-state index contributed by atoms with van der Waals surface area (Å²) in [5, 5.41) is 2.95. The Bertz CT molecular complexity index is 816. The Hall–Kier alpha value is -2.29. The third-order valence-corrected chi connectivity index (χ3v) is 4.34. The van der Waals surface area contributed by atoms with Crippen LogP contribution in [0.15, 0.2) is 24.5 Å². The molecule has 1 fully saturated rings. The van der Waals surface area contributed by atoms with E-state index in [9.17, 15) is 18.0 Å². The minimum atomic E-state index is -4.45. The molecule has 1 N–H and O–H groups in total. The maximum Gasteiger partial charge on any atom is 0.434 e. The molecule has 1 aliphatic heterocycles. The molecule has 6 nitrogen and oxygen atoms in total. The van der Waals surface area contributed by atoms with Gasteiger partial charge in [-0.25, -0.2) is 4.98 Å². The standard InChI is InChI=1S/C18H24F3N5O/c1-17(2,3)23-16(27)12-24-6-8-25(9-7-24)13-4-5-15-22-14(18(19,20)21)11-26(15)10-13/h4-5,10-11H,6-9,12H2,1-3H3,(H,23,27). The van der Waals surface area contributed by atoms with E-state index in [1.165, 1.54) is 4.40 Å². The van der Waals surface area contributed by atoms with E-state index in [-0.39, 0.29) is 17.1 Å². The average Bonchev–Trinajstić information content (AvgIpc) is 2.97. The highest BCUT2D eigenvalue weighted by Gasteiger charge is 2.34. The number of halogens is 3. The number of alkyl halides is 3. The van der Waals surface area contributed by atoms with E-state index in [4.69, 9.17) is 0 Å². The monoisotopic (exact) mass is 383 g/mol. The Balaban J connectivity index is 1.61. The van der Waals surface area contributed by atoms with Crippen LogP contribution >= 0.6 is 0 Å². The van der Waals surface area contributed by atoms with E-state index >= 15 is 0 Å². The van der Waals surface area contributed by atoms with Crippen molar-refractivity contribution >= 4 is 17.2 Å². The fraction of sp³-hybridized carbons (Fsp3) is 0.556. The van der Waals surface area contributed by atoms with E-state index in [2.05, 4.69) is 20.1 Å². The number of rotatable bonds is 3. The molecule has 27 heavy (non-hydrogen) atoms. The molecule has 1 saturated heterocycles. The fourth-order valence-corrected chi connectivity index (χ4v) is 3.13. The molecule has 0 unspecified atom stereocenters. The summed E-state index contributed by atoms with van der Waals surface area (Å²) in [7, 11) is 0. The first-order valence-corrected chi connectivity index (χ1v) is 8.85. The van der Waals surface area contributed by atoms with Gasteiger partial charge in [-0.05, 0) is 32.9 Å². The Morgan fingerprint density at radius 2 is 1.78 bits per heavy atom. The highest BCUT2D eigenvalue weighted by molar-refractivity contribution is 5.78. The van der Waals surface area contributed by atoms with Gasteiger partial charge < -0.3 is 14.6 Å². The number of amides is 1. The normalized spacial score (nSPS) is 16.7. The third kappa shape index (κ3) is 4.91. The molecule has 2 aromatic rings. The summed E-state index contributed by atoms with van der Waals surface area (Å²) < 4.78 is 39.8. The van der Waals surface area contributed by atoms with Crippen LogP contribution in [0, 0.1) is 0 Å². The summed E-state index contributed by atoms with van der Waals surface area (Å²) in [6, 6.07) is 3.37. The SMILES string of the molecule is CC(C)(C)NC(=O)CN1CCN(c2ccc3nc(C(F)(F)F)cn3c2)CC1. The first-order chi connectivity index (χ1) is 12.5. The molecule has 3 heterocycles. The maximum absolute atomic E-state index is 12.8. The second-order valence-electron chi connectivity index (χ2n) is 7.84. The molecule has 0 atom stereocenters. The molecule has 0 saturated carbocycles. The summed E-state index contributed by atoms with van der Waals surface area (Å²) >= 11 is 0. The molecule has 0 bridgehead atoms. The van der Waals surface area contributed by atoms with Crippen molar-refractivity contribution in [3.8, 4) is 0 Å². The summed E-state index contributed by atoms with van der Waals surface area (Å²) in [6.07, 6.45) is -1.78. The number of hydrogen-bond acceptors (Lipinski definition) is 4. The van der Waals surface area contributed by atoms with Crippen molar-refractivity contribution in [2.24, 2.45) is 0 Å². The van der Waals surface area contributed by atoms with Crippen LogP contribution in [0.5, 0.6) is 0 Å². The first kappa shape index (κ1) is 19.5. The zero-order valence-electron chi connectivity index (χ0n) is 15.7. The van der Waals surface area contributed by atoms with Crippen molar-refractivity contribution in [3.05, 3.63) is 30.2 Å². The van der Waals surface area contributed by atoms with Crippen LogP contribution in [-0.4, -0.2) is 58.5 Å². The van der Waals surface area contributed by atoms with Gasteiger partial charge in [0, 0.05) is 44.1 Å². The number of carbonyl (C=O) groups excluding carboxylic acids is 1. The Morgan fingerprint density at radius 3 is 2.37 bits per heavy atom. The number of fused-ring (bicyclic) bond motifs is 1. The van der Waals surface area contributed by atoms with Gasteiger partial charge in [-0.3, -0.25) is 9.69 Å². The lowest BCUT2D eigenvalue weighted by molar-refractivity contribution is -0.140. The Labute approximate surface area is 156 Å². The Morgan fingerprint density at radius 1 is 1.11 bits per heavy atom. The second-order valence-corrected chi connectivity index (χ2v) is 7.84. The molecule has 2 aromatic heterocycles. The van der Waals surface area contributed by atoms with E-state index in [1.807, 2.05) is 20.8 Å². The molecule has 148 valence electrons. The number of anilines is 1. The highest BCUT2D eigenvalue weighted by atomic mass is 19.4. The molecule has 1 aliphatic rings. The number of piperazine rings is 1. The average molecular weight is 383 g/mol. The van der Waals surface area contributed by atoms with Gasteiger partial charge >= 0.3 is 6.18 Å². The molecular weight excluding hydrogens is 359 g/mol. The van der Waals surface area contributed by atoms with Crippen molar-refractivity contribution in [2.45, 2.75) is 32.5 Å². The molecule has 0 aliphatic carbocycles. The van der Waals surface area contributed by atoms with Crippen LogP contribution in [0.25, 0.3) is 5.65 Å². The predicted molar refractivity (Wildman–Crippen MR) is 96.7 cm³/mol. The molecule has 0 aromatic carbocycles. The van der Waals surface area contributed by atoms with E-state index < -0.39 is 11.9 Å². The van der Waals surface area contributed by atoms with Crippen LogP contribution in [0.4, 0.5) is 18.9 Å². The number of imidazole rings is 1. The number of carbonyl (C=O) groups is 1. The third-order valence-electron chi connectivity index (χ3n) is 4.34. The highest BCUT2D eigenvalue weighted by Crippen LogP contribution is 2.29. The van der Waals surface area contributed by atoms with Crippen molar-refractivity contribution < 1.29 is 18.0 Å². The van der Waals surface area contributed by atoms with Crippen molar-refractivity contribution in [1.29, 1.82) is 0 Å². The molecule has 1 amide bonds. The maximum atomic E-state index is 12.8. The van der Waals surface area contributed by atoms with Crippen LogP contribution in [0.1, 0.15) is 26.5 Å². The minimum absolute atomic E-state index is 0.00420. The van der Waals surface area contributed by atoms with Gasteiger partial charge in [0.15, 0.2) is 5.69 Å². The van der Waals surface area contributed by atoms with E-state index in [0.717, 1.165) is 11.9 Å². The van der Waals surface area contributed by atoms with Gasteiger partial charge in [0.2, 0.25) is 5.91 Å². The van der Waals surface area contributed by atoms with Gasteiger partial charge in [0.1, 0.15) is 5.65 Å². The fourth-order valence-electron chi connectivity index (χ4n) is 3.13. The van der Waals surface area contributed by atoms with Crippen molar-refractivity contribution in [3.63, 3.8) is 0 Å². The van der Waals surface area contributed by atoms with E-state index in [0.29, 0.717) is 32.7 Å². The molecule has 0 radical (unpaired) electrons. The van der Waals surface area contributed by atoms with Crippen LogP contribution < -0.4 is 10.2 Å².